The number of hydrogen-bond donors (Lipinski definition) is 2. The summed E-state index contributed by atoms with van der Waals surface area (Å²) >= 11 is 0. The second kappa shape index (κ2) is 6.59. The Kier molecular flexibility index (Phi) is 4.82. The number of rotatable bonds is 5. The van der Waals surface area contributed by atoms with Gasteiger partial charge < -0.3 is 0 Å². The third kappa shape index (κ3) is 3.62. The minimum Gasteiger partial charge on any atom is -0.271 e. The first kappa shape index (κ1) is 14.6. The van der Waals surface area contributed by atoms with E-state index in [1.54, 1.807) is 24.3 Å². The van der Waals surface area contributed by atoms with Crippen molar-refractivity contribution in [3.63, 3.8) is 0 Å². The summed E-state index contributed by atoms with van der Waals surface area (Å²) in [6.07, 6.45) is 1.01. The molecule has 1 unspecified atom stereocenters. The second-order valence-corrected chi connectivity index (χ2v) is 4.93. The Morgan fingerprint density at radius 2 is 1.75 bits per heavy atom. The molecule has 0 aromatic heterocycles. The summed E-state index contributed by atoms with van der Waals surface area (Å²) in [6, 6.07) is 11.1. The molecular formula is C16H18F2N2. The Bertz CT molecular complexity index is 584. The largest absolute Gasteiger partial charge is 0.271 e. The summed E-state index contributed by atoms with van der Waals surface area (Å²) in [6.45, 7) is 1.92. The minimum atomic E-state index is -0.271. The quantitative estimate of drug-likeness (QED) is 0.651. The molecule has 0 radical (unpaired) electrons. The first-order valence-electron chi connectivity index (χ1n) is 6.54. The van der Waals surface area contributed by atoms with Gasteiger partial charge in [-0.05, 0) is 54.7 Å². The monoisotopic (exact) mass is 276 g/mol. The lowest BCUT2D eigenvalue weighted by Gasteiger charge is -2.17. The van der Waals surface area contributed by atoms with Gasteiger partial charge >= 0.3 is 0 Å². The van der Waals surface area contributed by atoms with Crippen LogP contribution in [-0.4, -0.2) is 6.04 Å². The van der Waals surface area contributed by atoms with Crippen molar-refractivity contribution in [1.29, 1.82) is 0 Å². The van der Waals surface area contributed by atoms with Crippen molar-refractivity contribution in [3.8, 4) is 0 Å². The predicted octanol–water partition coefficient (Wildman–Crippen LogP) is 2.89. The average Bonchev–Trinajstić information content (AvgIpc) is 2.44. The molecule has 0 spiro atoms. The number of nitrogens with two attached hydrogens (primary N) is 1. The van der Waals surface area contributed by atoms with Gasteiger partial charge in [0.1, 0.15) is 11.6 Å². The second-order valence-electron chi connectivity index (χ2n) is 4.93. The van der Waals surface area contributed by atoms with Crippen LogP contribution in [0.5, 0.6) is 0 Å². The fourth-order valence-electron chi connectivity index (χ4n) is 2.24. The topological polar surface area (TPSA) is 38.0 Å². The molecule has 4 heteroatoms. The fraction of sp³-hybridized carbons (Fsp3) is 0.250. The first-order valence-corrected chi connectivity index (χ1v) is 6.54. The molecule has 20 heavy (non-hydrogen) atoms. The van der Waals surface area contributed by atoms with E-state index in [0.717, 1.165) is 11.1 Å². The molecular weight excluding hydrogens is 258 g/mol. The summed E-state index contributed by atoms with van der Waals surface area (Å²) in [4.78, 5) is 0. The van der Waals surface area contributed by atoms with Gasteiger partial charge in [-0.3, -0.25) is 11.3 Å². The molecule has 2 rings (SSSR count). The van der Waals surface area contributed by atoms with Crippen LogP contribution in [0.25, 0.3) is 0 Å². The summed E-state index contributed by atoms with van der Waals surface area (Å²) in [5, 5.41) is 0. The van der Waals surface area contributed by atoms with Crippen LogP contribution in [0.1, 0.15) is 16.7 Å². The molecule has 0 heterocycles. The van der Waals surface area contributed by atoms with Gasteiger partial charge in [0.15, 0.2) is 0 Å². The maximum atomic E-state index is 13.6. The lowest BCUT2D eigenvalue weighted by molar-refractivity contribution is 0.504. The van der Waals surface area contributed by atoms with Crippen LogP contribution in [0.15, 0.2) is 42.5 Å². The SMILES string of the molecule is Cc1ccc(F)cc1CC(Cc1ccccc1F)NN. The molecule has 0 aliphatic rings. The van der Waals surface area contributed by atoms with Crippen LogP contribution in [0, 0.1) is 18.6 Å². The zero-order valence-corrected chi connectivity index (χ0v) is 11.4. The van der Waals surface area contributed by atoms with Crippen molar-refractivity contribution in [2.75, 3.05) is 0 Å². The van der Waals surface area contributed by atoms with E-state index in [1.807, 2.05) is 6.92 Å². The highest BCUT2D eigenvalue weighted by atomic mass is 19.1. The molecule has 0 bridgehead atoms. The Morgan fingerprint density at radius 1 is 1.05 bits per heavy atom. The van der Waals surface area contributed by atoms with Gasteiger partial charge in [-0.25, -0.2) is 8.78 Å². The molecule has 0 saturated heterocycles. The number of halogens is 2. The van der Waals surface area contributed by atoms with Gasteiger partial charge in [0.25, 0.3) is 0 Å². The molecule has 0 aliphatic carbocycles. The van der Waals surface area contributed by atoms with Crippen LogP contribution in [0.4, 0.5) is 8.78 Å². The number of hydrazine groups is 1. The van der Waals surface area contributed by atoms with E-state index in [1.165, 1.54) is 18.2 Å². The summed E-state index contributed by atoms with van der Waals surface area (Å²) in [5.41, 5.74) is 5.16. The van der Waals surface area contributed by atoms with Crippen LogP contribution in [0.3, 0.4) is 0 Å². The van der Waals surface area contributed by atoms with Gasteiger partial charge in [-0.15, -0.1) is 0 Å². The van der Waals surface area contributed by atoms with Gasteiger partial charge in [0, 0.05) is 6.04 Å². The average molecular weight is 276 g/mol. The van der Waals surface area contributed by atoms with E-state index >= 15 is 0 Å². The number of benzene rings is 2. The standard InChI is InChI=1S/C16H18F2N2/c1-11-6-7-14(17)8-13(11)10-15(20-19)9-12-4-2-3-5-16(12)18/h2-8,15,20H,9-10,19H2,1H3. The number of aryl methyl sites for hydroxylation is 1. The molecule has 2 aromatic rings. The van der Waals surface area contributed by atoms with Gasteiger partial charge in [0.2, 0.25) is 0 Å². The summed E-state index contributed by atoms with van der Waals surface area (Å²) in [7, 11) is 0. The van der Waals surface area contributed by atoms with Crippen LogP contribution in [0.2, 0.25) is 0 Å². The third-order valence-corrected chi connectivity index (χ3v) is 3.44. The van der Waals surface area contributed by atoms with Crippen LogP contribution >= 0.6 is 0 Å². The normalized spacial score (nSPS) is 12.4. The van der Waals surface area contributed by atoms with Crippen molar-refractivity contribution in [3.05, 3.63) is 70.8 Å². The third-order valence-electron chi connectivity index (χ3n) is 3.44. The zero-order chi connectivity index (χ0) is 14.5. The molecule has 2 aromatic carbocycles. The van der Waals surface area contributed by atoms with Crippen molar-refractivity contribution >= 4 is 0 Å². The van der Waals surface area contributed by atoms with Crippen molar-refractivity contribution in [1.82, 2.24) is 5.43 Å². The summed E-state index contributed by atoms with van der Waals surface area (Å²) in [5.74, 6) is 5.02. The Balaban J connectivity index is 2.13. The lowest BCUT2D eigenvalue weighted by atomic mass is 9.96. The highest BCUT2D eigenvalue weighted by Crippen LogP contribution is 2.15. The lowest BCUT2D eigenvalue weighted by Crippen LogP contribution is -2.38. The molecule has 2 nitrogen and oxygen atoms in total. The highest BCUT2D eigenvalue weighted by Gasteiger charge is 2.13. The minimum absolute atomic E-state index is 0.146. The van der Waals surface area contributed by atoms with Gasteiger partial charge in [-0.1, -0.05) is 24.3 Å². The van der Waals surface area contributed by atoms with E-state index in [0.29, 0.717) is 18.4 Å². The van der Waals surface area contributed by atoms with Crippen LogP contribution < -0.4 is 11.3 Å². The molecule has 106 valence electrons. The number of hydrogen-bond acceptors (Lipinski definition) is 2. The summed E-state index contributed by atoms with van der Waals surface area (Å²) < 4.78 is 26.9. The maximum absolute atomic E-state index is 13.6. The molecule has 1 atom stereocenters. The number of nitrogens with one attached hydrogen (secondary N) is 1. The van der Waals surface area contributed by atoms with E-state index in [9.17, 15) is 8.78 Å². The van der Waals surface area contributed by atoms with E-state index in [-0.39, 0.29) is 17.7 Å². The molecule has 0 saturated carbocycles. The first-order chi connectivity index (χ1) is 9.60. The van der Waals surface area contributed by atoms with Gasteiger partial charge in [0.05, 0.1) is 0 Å². The van der Waals surface area contributed by atoms with E-state index < -0.39 is 0 Å². The van der Waals surface area contributed by atoms with Crippen molar-refractivity contribution < 1.29 is 8.78 Å². The predicted molar refractivity (Wildman–Crippen MR) is 76.1 cm³/mol. The Hall–Kier alpha value is -1.78. The Morgan fingerprint density at radius 3 is 2.45 bits per heavy atom. The van der Waals surface area contributed by atoms with E-state index in [2.05, 4.69) is 5.43 Å². The molecule has 0 aliphatic heterocycles. The van der Waals surface area contributed by atoms with Crippen molar-refractivity contribution in [2.24, 2.45) is 5.84 Å². The fourth-order valence-corrected chi connectivity index (χ4v) is 2.24. The van der Waals surface area contributed by atoms with Gasteiger partial charge in [-0.2, -0.15) is 0 Å². The molecule has 0 amide bonds. The van der Waals surface area contributed by atoms with Crippen molar-refractivity contribution in [2.45, 2.75) is 25.8 Å². The van der Waals surface area contributed by atoms with E-state index in [4.69, 9.17) is 5.84 Å². The highest BCUT2D eigenvalue weighted by molar-refractivity contribution is 5.28. The zero-order valence-electron chi connectivity index (χ0n) is 11.4. The maximum Gasteiger partial charge on any atom is 0.126 e. The Labute approximate surface area is 117 Å². The smallest absolute Gasteiger partial charge is 0.126 e. The van der Waals surface area contributed by atoms with Crippen LogP contribution in [-0.2, 0) is 12.8 Å². The molecule has 3 N–H and O–H groups in total. The molecule has 0 fully saturated rings.